The maximum Gasteiger partial charge on any atom is 0.234 e. The van der Waals surface area contributed by atoms with Crippen LogP contribution in [-0.2, 0) is 9.47 Å². The molecule has 3 heteroatoms. The zero-order chi connectivity index (χ0) is 13.8. The molecule has 1 aromatic carbocycles. The van der Waals surface area contributed by atoms with Crippen LogP contribution in [0.3, 0.4) is 0 Å². The lowest BCUT2D eigenvalue weighted by Gasteiger charge is -2.24. The molecule has 1 aromatic heterocycles. The Balaban J connectivity index is 1.77. The molecule has 0 N–H and O–H groups in total. The van der Waals surface area contributed by atoms with Crippen LogP contribution in [0.2, 0.25) is 0 Å². The molecule has 1 aliphatic heterocycles. The van der Waals surface area contributed by atoms with Crippen LogP contribution in [0, 0.1) is 0 Å². The summed E-state index contributed by atoms with van der Waals surface area (Å²) in [7, 11) is 1.65. The van der Waals surface area contributed by atoms with Gasteiger partial charge in [-0.2, -0.15) is 0 Å². The van der Waals surface area contributed by atoms with E-state index in [2.05, 4.69) is 0 Å². The van der Waals surface area contributed by atoms with Crippen molar-refractivity contribution in [2.45, 2.75) is 12.2 Å². The molecule has 0 radical (unpaired) electrons. The van der Waals surface area contributed by atoms with Gasteiger partial charge in [0.1, 0.15) is 11.5 Å². The summed E-state index contributed by atoms with van der Waals surface area (Å²) in [5.74, 6) is 0.868. The van der Waals surface area contributed by atoms with Gasteiger partial charge < -0.3 is 13.9 Å². The van der Waals surface area contributed by atoms with E-state index in [1.54, 1.807) is 13.4 Å². The number of hydrogen-bond donors (Lipinski definition) is 0. The van der Waals surface area contributed by atoms with Gasteiger partial charge in [0.15, 0.2) is 0 Å². The van der Waals surface area contributed by atoms with Gasteiger partial charge in [0.2, 0.25) is 5.79 Å². The van der Waals surface area contributed by atoms with Crippen LogP contribution in [0.1, 0.15) is 17.7 Å². The minimum Gasteiger partial charge on any atom is -0.465 e. The molecule has 3 nitrogen and oxygen atoms in total. The number of ether oxygens (including phenoxy) is 2. The van der Waals surface area contributed by atoms with E-state index in [0.29, 0.717) is 6.42 Å². The number of methoxy groups -OCH3 is 1. The van der Waals surface area contributed by atoms with Gasteiger partial charge in [-0.25, -0.2) is 0 Å². The zero-order valence-electron chi connectivity index (χ0n) is 11.3. The van der Waals surface area contributed by atoms with Gasteiger partial charge in [-0.1, -0.05) is 30.3 Å². The summed E-state index contributed by atoms with van der Waals surface area (Å²) < 4.78 is 16.8. The van der Waals surface area contributed by atoms with Crippen molar-refractivity contribution in [3.8, 4) is 0 Å². The monoisotopic (exact) mass is 268 g/mol. The van der Waals surface area contributed by atoms with Gasteiger partial charge in [0, 0.05) is 19.1 Å². The molecular formula is C17H16O3. The quantitative estimate of drug-likeness (QED) is 0.836. The van der Waals surface area contributed by atoms with Crippen molar-refractivity contribution in [3.05, 3.63) is 72.2 Å². The first kappa shape index (κ1) is 12.8. The maximum atomic E-state index is 5.99. The SMILES string of the molecule is COC1(/C=C/c2ccco2)CC=C(c2ccccc2)O1. The average molecular weight is 268 g/mol. The number of rotatable bonds is 4. The Morgan fingerprint density at radius 3 is 2.70 bits per heavy atom. The molecule has 0 spiro atoms. The molecular weight excluding hydrogens is 252 g/mol. The number of hydrogen-bond acceptors (Lipinski definition) is 3. The second kappa shape index (κ2) is 5.39. The smallest absolute Gasteiger partial charge is 0.234 e. The summed E-state index contributed by atoms with van der Waals surface area (Å²) in [6.45, 7) is 0. The minimum atomic E-state index is -0.752. The Bertz CT molecular complexity index is 611. The molecule has 3 rings (SSSR count). The van der Waals surface area contributed by atoms with Crippen LogP contribution in [0.15, 0.2) is 65.3 Å². The summed E-state index contributed by atoms with van der Waals surface area (Å²) >= 11 is 0. The molecule has 20 heavy (non-hydrogen) atoms. The lowest BCUT2D eigenvalue weighted by Crippen LogP contribution is -2.27. The first-order chi connectivity index (χ1) is 9.81. The molecule has 1 aliphatic rings. The van der Waals surface area contributed by atoms with Crippen molar-refractivity contribution in [2.24, 2.45) is 0 Å². The summed E-state index contributed by atoms with van der Waals surface area (Å²) in [4.78, 5) is 0. The van der Waals surface area contributed by atoms with Crippen molar-refractivity contribution in [1.82, 2.24) is 0 Å². The second-order valence-electron chi connectivity index (χ2n) is 4.61. The molecule has 0 aliphatic carbocycles. The van der Waals surface area contributed by atoms with E-state index < -0.39 is 5.79 Å². The molecule has 2 heterocycles. The van der Waals surface area contributed by atoms with Crippen molar-refractivity contribution >= 4 is 11.8 Å². The fraction of sp³-hybridized carbons (Fsp3) is 0.176. The van der Waals surface area contributed by atoms with E-state index in [4.69, 9.17) is 13.9 Å². The predicted molar refractivity (Wildman–Crippen MR) is 77.6 cm³/mol. The summed E-state index contributed by atoms with van der Waals surface area (Å²) in [6, 6.07) is 13.7. The number of benzene rings is 1. The third-order valence-corrected chi connectivity index (χ3v) is 3.30. The van der Waals surface area contributed by atoms with E-state index in [1.165, 1.54) is 0 Å². The normalized spacial score (nSPS) is 21.9. The highest BCUT2D eigenvalue weighted by atomic mass is 16.7. The van der Waals surface area contributed by atoms with Crippen molar-refractivity contribution < 1.29 is 13.9 Å². The van der Waals surface area contributed by atoms with Gasteiger partial charge in [-0.15, -0.1) is 0 Å². The molecule has 2 aromatic rings. The van der Waals surface area contributed by atoms with E-state index in [0.717, 1.165) is 17.1 Å². The molecule has 0 bridgehead atoms. The molecule has 1 atom stereocenters. The zero-order valence-corrected chi connectivity index (χ0v) is 11.3. The predicted octanol–water partition coefficient (Wildman–Crippen LogP) is 4.10. The molecule has 0 saturated carbocycles. The standard InChI is InChI=1S/C17H16O3/c1-18-17(11-9-15-8-5-13-19-15)12-10-16(20-17)14-6-3-2-4-7-14/h2-11,13H,12H2,1H3/b11-9+. The molecule has 0 saturated heterocycles. The van der Waals surface area contributed by atoms with Gasteiger partial charge in [0.25, 0.3) is 0 Å². The molecule has 1 unspecified atom stereocenters. The van der Waals surface area contributed by atoms with E-state index >= 15 is 0 Å². The van der Waals surface area contributed by atoms with E-state index in [1.807, 2.05) is 60.7 Å². The minimum absolute atomic E-state index is 0.672. The van der Waals surface area contributed by atoms with Crippen LogP contribution in [0.4, 0.5) is 0 Å². The summed E-state index contributed by atoms with van der Waals surface area (Å²) in [5, 5.41) is 0. The van der Waals surface area contributed by atoms with E-state index in [9.17, 15) is 0 Å². The highest BCUT2D eigenvalue weighted by Gasteiger charge is 2.34. The number of furan rings is 1. The summed E-state index contributed by atoms with van der Waals surface area (Å²) in [6.07, 6.45) is 8.11. The Morgan fingerprint density at radius 2 is 2.00 bits per heavy atom. The topological polar surface area (TPSA) is 31.6 Å². The Kier molecular flexibility index (Phi) is 3.44. The lowest BCUT2D eigenvalue weighted by atomic mass is 10.1. The Labute approximate surface area is 118 Å². The highest BCUT2D eigenvalue weighted by molar-refractivity contribution is 5.62. The molecule has 0 fully saturated rings. The Hall–Kier alpha value is -2.26. The summed E-state index contributed by atoms with van der Waals surface area (Å²) in [5.41, 5.74) is 1.05. The van der Waals surface area contributed by atoms with Crippen molar-refractivity contribution in [1.29, 1.82) is 0 Å². The maximum absolute atomic E-state index is 5.99. The van der Waals surface area contributed by atoms with Gasteiger partial charge in [-0.3, -0.25) is 0 Å². The van der Waals surface area contributed by atoms with Crippen LogP contribution in [0.25, 0.3) is 11.8 Å². The van der Waals surface area contributed by atoms with Crippen LogP contribution in [0.5, 0.6) is 0 Å². The molecule has 102 valence electrons. The largest absolute Gasteiger partial charge is 0.465 e. The third kappa shape index (κ3) is 2.53. The first-order valence-electron chi connectivity index (χ1n) is 6.54. The average Bonchev–Trinajstić information content (AvgIpc) is 3.16. The van der Waals surface area contributed by atoms with E-state index in [-0.39, 0.29) is 0 Å². The Morgan fingerprint density at radius 1 is 1.15 bits per heavy atom. The fourth-order valence-electron chi connectivity index (χ4n) is 2.17. The second-order valence-corrected chi connectivity index (χ2v) is 4.61. The molecule has 0 amide bonds. The van der Waals surface area contributed by atoms with Crippen LogP contribution >= 0.6 is 0 Å². The van der Waals surface area contributed by atoms with Crippen LogP contribution in [-0.4, -0.2) is 12.9 Å². The highest BCUT2D eigenvalue weighted by Crippen LogP contribution is 2.35. The lowest BCUT2D eigenvalue weighted by molar-refractivity contribution is -0.128. The van der Waals surface area contributed by atoms with Crippen molar-refractivity contribution in [2.75, 3.05) is 7.11 Å². The third-order valence-electron chi connectivity index (χ3n) is 3.30. The van der Waals surface area contributed by atoms with Gasteiger partial charge in [0.05, 0.1) is 6.26 Å². The van der Waals surface area contributed by atoms with Gasteiger partial charge in [-0.05, 0) is 30.4 Å². The van der Waals surface area contributed by atoms with Gasteiger partial charge >= 0.3 is 0 Å². The first-order valence-corrected chi connectivity index (χ1v) is 6.54. The van der Waals surface area contributed by atoms with Crippen LogP contribution < -0.4 is 0 Å². The van der Waals surface area contributed by atoms with Crippen molar-refractivity contribution in [3.63, 3.8) is 0 Å². The fourth-order valence-corrected chi connectivity index (χ4v) is 2.17.